The smallest absolute Gasteiger partial charge is 0.313 e. The molecule has 26 heavy (non-hydrogen) atoms. The molecule has 134 valence electrons. The summed E-state index contributed by atoms with van der Waals surface area (Å²) in [5, 5.41) is 4.99. The maximum atomic E-state index is 12.6. The molecule has 0 saturated carbocycles. The highest BCUT2D eigenvalue weighted by molar-refractivity contribution is 6.39. The van der Waals surface area contributed by atoms with Gasteiger partial charge in [-0.15, -0.1) is 6.58 Å². The van der Waals surface area contributed by atoms with E-state index in [1.54, 1.807) is 35.2 Å². The van der Waals surface area contributed by atoms with Gasteiger partial charge in [0.05, 0.1) is 6.26 Å². The summed E-state index contributed by atoms with van der Waals surface area (Å²) in [6.45, 7) is 4.30. The highest BCUT2D eigenvalue weighted by Gasteiger charge is 2.25. The fraction of sp³-hybridized carbons (Fsp3) is 0.211. The van der Waals surface area contributed by atoms with E-state index in [9.17, 15) is 14.4 Å². The van der Waals surface area contributed by atoms with E-state index in [0.717, 1.165) is 24.1 Å². The van der Waals surface area contributed by atoms with Crippen LogP contribution >= 0.6 is 0 Å². The standard InChI is InChI=1S/C19H19N3O4/c1-2-9-20-17(23)18(24)21-14-7-8-15-13(12-14)5-3-10-22(15)19(25)16-6-4-11-26-16/h2,4,6-8,11-12H,1,3,5,9-10H2,(H,20,23)(H,21,24). The minimum Gasteiger partial charge on any atom is -0.459 e. The van der Waals surface area contributed by atoms with Crippen LogP contribution in [-0.4, -0.2) is 30.8 Å². The molecule has 0 fully saturated rings. The first-order valence-electron chi connectivity index (χ1n) is 8.28. The van der Waals surface area contributed by atoms with Gasteiger partial charge in [0.1, 0.15) is 0 Å². The van der Waals surface area contributed by atoms with Crippen LogP contribution < -0.4 is 15.5 Å². The van der Waals surface area contributed by atoms with E-state index in [0.29, 0.717) is 12.2 Å². The van der Waals surface area contributed by atoms with Gasteiger partial charge in [-0.05, 0) is 48.7 Å². The molecule has 0 radical (unpaired) electrons. The Morgan fingerprint density at radius 1 is 1.23 bits per heavy atom. The van der Waals surface area contributed by atoms with Crippen LogP contribution in [0.1, 0.15) is 22.5 Å². The molecule has 7 heteroatoms. The average molecular weight is 353 g/mol. The summed E-state index contributed by atoms with van der Waals surface area (Å²) >= 11 is 0. The SMILES string of the molecule is C=CCNC(=O)C(=O)Nc1ccc2c(c1)CCCN2C(=O)c1ccco1. The zero-order chi connectivity index (χ0) is 18.5. The highest BCUT2D eigenvalue weighted by atomic mass is 16.3. The normalized spacial score (nSPS) is 12.8. The predicted molar refractivity (Wildman–Crippen MR) is 97.0 cm³/mol. The van der Waals surface area contributed by atoms with Crippen LogP contribution in [0.3, 0.4) is 0 Å². The average Bonchev–Trinajstić information content (AvgIpc) is 3.19. The number of nitrogens with zero attached hydrogens (tertiary/aromatic N) is 1. The molecule has 0 unspecified atom stereocenters. The van der Waals surface area contributed by atoms with Crippen molar-refractivity contribution in [3.8, 4) is 0 Å². The number of carbonyl (C=O) groups is 3. The van der Waals surface area contributed by atoms with Gasteiger partial charge in [-0.1, -0.05) is 6.08 Å². The molecule has 1 aliphatic rings. The van der Waals surface area contributed by atoms with Crippen LogP contribution in [0.2, 0.25) is 0 Å². The van der Waals surface area contributed by atoms with E-state index in [1.807, 2.05) is 0 Å². The number of furan rings is 1. The fourth-order valence-corrected chi connectivity index (χ4v) is 2.85. The number of rotatable bonds is 4. The van der Waals surface area contributed by atoms with Crippen molar-refractivity contribution in [2.75, 3.05) is 23.3 Å². The molecule has 2 aromatic rings. The Kier molecular flexibility index (Phi) is 5.17. The first kappa shape index (κ1) is 17.5. The third kappa shape index (κ3) is 3.66. The molecular formula is C19H19N3O4. The van der Waals surface area contributed by atoms with Crippen molar-refractivity contribution in [2.45, 2.75) is 12.8 Å². The lowest BCUT2D eigenvalue weighted by Gasteiger charge is -2.29. The molecule has 3 rings (SSSR count). The van der Waals surface area contributed by atoms with Gasteiger partial charge in [0, 0.05) is 24.5 Å². The number of fused-ring (bicyclic) bond motifs is 1. The number of aryl methyl sites for hydroxylation is 1. The zero-order valence-electron chi connectivity index (χ0n) is 14.2. The van der Waals surface area contributed by atoms with Gasteiger partial charge in [-0.2, -0.15) is 0 Å². The number of anilines is 2. The van der Waals surface area contributed by atoms with E-state index in [1.165, 1.54) is 12.3 Å². The Hall–Kier alpha value is -3.35. The van der Waals surface area contributed by atoms with Gasteiger partial charge in [-0.25, -0.2) is 0 Å². The lowest BCUT2D eigenvalue weighted by atomic mass is 10.0. The largest absolute Gasteiger partial charge is 0.459 e. The Morgan fingerprint density at radius 2 is 2.08 bits per heavy atom. The number of hydrogen-bond acceptors (Lipinski definition) is 4. The second-order valence-corrected chi connectivity index (χ2v) is 5.83. The fourth-order valence-electron chi connectivity index (χ4n) is 2.85. The Bertz CT molecular complexity index is 842. The molecule has 0 saturated heterocycles. The van der Waals surface area contributed by atoms with Crippen LogP contribution in [0, 0.1) is 0 Å². The molecule has 1 aromatic carbocycles. The second kappa shape index (κ2) is 7.69. The minimum absolute atomic E-state index is 0.198. The molecular weight excluding hydrogens is 334 g/mol. The van der Waals surface area contributed by atoms with Crippen molar-refractivity contribution in [3.05, 3.63) is 60.6 Å². The van der Waals surface area contributed by atoms with E-state index in [4.69, 9.17) is 4.42 Å². The number of nitrogens with one attached hydrogen (secondary N) is 2. The van der Waals surface area contributed by atoms with Crippen LogP contribution in [0.4, 0.5) is 11.4 Å². The van der Waals surface area contributed by atoms with Gasteiger partial charge in [0.2, 0.25) is 0 Å². The van der Waals surface area contributed by atoms with Crippen LogP contribution in [0.5, 0.6) is 0 Å². The summed E-state index contributed by atoms with van der Waals surface area (Å²) in [4.78, 5) is 37.8. The van der Waals surface area contributed by atoms with Gasteiger partial charge in [-0.3, -0.25) is 14.4 Å². The summed E-state index contributed by atoms with van der Waals surface area (Å²) < 4.78 is 5.20. The van der Waals surface area contributed by atoms with Crippen molar-refractivity contribution in [2.24, 2.45) is 0 Å². The number of benzene rings is 1. The molecule has 1 aliphatic heterocycles. The quantitative estimate of drug-likeness (QED) is 0.650. The predicted octanol–water partition coefficient (Wildman–Crippen LogP) is 2.11. The van der Waals surface area contributed by atoms with Gasteiger partial charge in [0.25, 0.3) is 5.91 Å². The summed E-state index contributed by atoms with van der Waals surface area (Å²) in [5.41, 5.74) is 2.22. The molecule has 0 spiro atoms. The first-order valence-corrected chi connectivity index (χ1v) is 8.28. The molecule has 3 amide bonds. The van der Waals surface area contributed by atoms with E-state index < -0.39 is 11.8 Å². The van der Waals surface area contributed by atoms with Crippen LogP contribution in [0.15, 0.2) is 53.7 Å². The molecule has 7 nitrogen and oxygen atoms in total. The molecule has 2 N–H and O–H groups in total. The highest BCUT2D eigenvalue weighted by Crippen LogP contribution is 2.30. The molecule has 1 aromatic heterocycles. The van der Waals surface area contributed by atoms with Crippen molar-refractivity contribution in [1.82, 2.24) is 5.32 Å². The molecule has 2 heterocycles. The summed E-state index contributed by atoms with van der Waals surface area (Å²) in [6, 6.07) is 8.54. The Morgan fingerprint density at radius 3 is 2.81 bits per heavy atom. The van der Waals surface area contributed by atoms with Gasteiger partial charge < -0.3 is 20.0 Å². The van der Waals surface area contributed by atoms with Crippen molar-refractivity contribution >= 4 is 29.1 Å². The zero-order valence-corrected chi connectivity index (χ0v) is 14.2. The van der Waals surface area contributed by atoms with Crippen LogP contribution in [0.25, 0.3) is 0 Å². The summed E-state index contributed by atoms with van der Waals surface area (Å²) in [7, 11) is 0. The van der Waals surface area contributed by atoms with E-state index in [2.05, 4.69) is 17.2 Å². The lowest BCUT2D eigenvalue weighted by molar-refractivity contribution is -0.136. The number of hydrogen-bond donors (Lipinski definition) is 2. The maximum Gasteiger partial charge on any atom is 0.313 e. The number of carbonyl (C=O) groups excluding carboxylic acids is 3. The number of amides is 3. The van der Waals surface area contributed by atoms with Gasteiger partial charge >= 0.3 is 11.8 Å². The first-order chi connectivity index (χ1) is 12.6. The molecule has 0 aliphatic carbocycles. The lowest BCUT2D eigenvalue weighted by Crippen LogP contribution is -2.36. The van der Waals surface area contributed by atoms with Crippen LogP contribution in [-0.2, 0) is 16.0 Å². The van der Waals surface area contributed by atoms with E-state index >= 15 is 0 Å². The second-order valence-electron chi connectivity index (χ2n) is 5.83. The third-order valence-corrected chi connectivity index (χ3v) is 4.05. The molecule has 0 atom stereocenters. The molecule has 0 bridgehead atoms. The van der Waals surface area contributed by atoms with Crippen molar-refractivity contribution < 1.29 is 18.8 Å². The van der Waals surface area contributed by atoms with Crippen molar-refractivity contribution in [1.29, 1.82) is 0 Å². The third-order valence-electron chi connectivity index (χ3n) is 4.05. The summed E-state index contributed by atoms with van der Waals surface area (Å²) in [6.07, 6.45) is 4.54. The van der Waals surface area contributed by atoms with Crippen molar-refractivity contribution in [3.63, 3.8) is 0 Å². The Labute approximate surface area is 150 Å². The van der Waals surface area contributed by atoms with E-state index in [-0.39, 0.29) is 18.2 Å². The van der Waals surface area contributed by atoms with Gasteiger partial charge in [0.15, 0.2) is 5.76 Å². The minimum atomic E-state index is -0.744. The Balaban J connectivity index is 1.76. The monoisotopic (exact) mass is 353 g/mol. The summed E-state index contributed by atoms with van der Waals surface area (Å²) in [5.74, 6) is -1.38. The maximum absolute atomic E-state index is 12.6. The topological polar surface area (TPSA) is 91.7 Å².